The third-order valence-corrected chi connectivity index (χ3v) is 3.70. The molecular weight excluding hydrogens is 292 g/mol. The predicted molar refractivity (Wildman–Crippen MR) is 82.8 cm³/mol. The number of hydrogen-bond acceptors (Lipinski definition) is 3. The largest absolute Gasteiger partial charge is 0.381 e. The Bertz CT molecular complexity index is 560. The Kier molecular flexibility index (Phi) is 6.02. The first-order valence-corrected chi connectivity index (χ1v) is 7.41. The van der Waals surface area contributed by atoms with Crippen LogP contribution in [0.5, 0.6) is 0 Å². The topological polar surface area (TPSA) is 21.3 Å². The van der Waals surface area contributed by atoms with Gasteiger partial charge in [-0.15, -0.1) is 0 Å². The lowest BCUT2D eigenvalue weighted by atomic mass is 10.1. The minimum atomic E-state index is -2.38. The first kappa shape index (κ1) is 15.8. The highest BCUT2D eigenvalue weighted by Gasteiger charge is 2.05. The fourth-order valence-electron chi connectivity index (χ4n) is 1.98. The molecule has 0 spiro atoms. The van der Waals surface area contributed by atoms with Gasteiger partial charge < -0.3 is 10.1 Å². The van der Waals surface area contributed by atoms with Gasteiger partial charge in [-0.1, -0.05) is 36.0 Å². The zero-order chi connectivity index (χ0) is 15.1. The monoisotopic (exact) mass is 309 g/mol. The fraction of sp³-hybridized carbons (Fsp3) is 0.250. The standard InChI is InChI=1S/C16H17F2NOS/c1-20-11-13-5-3-2-4-12(13)10-19-14-6-8-15(9-7-14)21-16(17)18/h2-9,16,19H,10-11H2,1H3. The zero-order valence-electron chi connectivity index (χ0n) is 11.7. The molecule has 0 atom stereocenters. The average Bonchev–Trinajstić information content (AvgIpc) is 2.48. The summed E-state index contributed by atoms with van der Waals surface area (Å²) in [5.74, 6) is -2.38. The summed E-state index contributed by atoms with van der Waals surface area (Å²) < 4.78 is 29.7. The van der Waals surface area contributed by atoms with E-state index in [0.29, 0.717) is 29.8 Å². The van der Waals surface area contributed by atoms with Crippen LogP contribution in [0.2, 0.25) is 0 Å². The lowest BCUT2D eigenvalue weighted by Gasteiger charge is -2.11. The third-order valence-electron chi connectivity index (χ3n) is 2.98. The molecular formula is C16H17F2NOS. The summed E-state index contributed by atoms with van der Waals surface area (Å²) in [4.78, 5) is 0.565. The average molecular weight is 309 g/mol. The van der Waals surface area contributed by atoms with Gasteiger partial charge in [0.15, 0.2) is 0 Å². The number of thioether (sulfide) groups is 1. The second-order valence-electron chi connectivity index (χ2n) is 4.46. The molecule has 2 aromatic rings. The summed E-state index contributed by atoms with van der Waals surface area (Å²) in [6.07, 6.45) is 0. The van der Waals surface area contributed by atoms with E-state index in [9.17, 15) is 8.78 Å². The molecule has 0 bridgehead atoms. The Morgan fingerprint density at radius 3 is 2.33 bits per heavy atom. The molecule has 0 saturated carbocycles. The van der Waals surface area contributed by atoms with E-state index in [0.717, 1.165) is 16.8 Å². The maximum atomic E-state index is 12.2. The molecule has 0 aliphatic heterocycles. The Balaban J connectivity index is 1.96. The van der Waals surface area contributed by atoms with E-state index < -0.39 is 5.76 Å². The molecule has 5 heteroatoms. The number of benzene rings is 2. The second-order valence-corrected chi connectivity index (χ2v) is 5.52. The van der Waals surface area contributed by atoms with Gasteiger partial charge in [-0.3, -0.25) is 0 Å². The molecule has 0 saturated heterocycles. The number of methoxy groups -OCH3 is 1. The van der Waals surface area contributed by atoms with E-state index in [1.807, 2.05) is 36.4 Å². The van der Waals surface area contributed by atoms with Crippen LogP contribution in [0.4, 0.5) is 14.5 Å². The van der Waals surface area contributed by atoms with Gasteiger partial charge in [-0.25, -0.2) is 0 Å². The molecule has 2 aromatic carbocycles. The van der Waals surface area contributed by atoms with Crippen LogP contribution in [0.1, 0.15) is 11.1 Å². The van der Waals surface area contributed by atoms with Crippen molar-refractivity contribution < 1.29 is 13.5 Å². The molecule has 0 heterocycles. The lowest BCUT2D eigenvalue weighted by molar-refractivity contribution is 0.184. The highest BCUT2D eigenvalue weighted by molar-refractivity contribution is 7.99. The first-order valence-electron chi connectivity index (χ1n) is 6.53. The number of hydrogen-bond donors (Lipinski definition) is 1. The Morgan fingerprint density at radius 1 is 1.05 bits per heavy atom. The van der Waals surface area contributed by atoms with Crippen molar-refractivity contribution in [2.75, 3.05) is 12.4 Å². The molecule has 0 amide bonds. The van der Waals surface area contributed by atoms with Crippen LogP contribution >= 0.6 is 11.8 Å². The molecule has 112 valence electrons. The number of ether oxygens (including phenoxy) is 1. The van der Waals surface area contributed by atoms with Crippen molar-refractivity contribution in [1.29, 1.82) is 0 Å². The summed E-state index contributed by atoms with van der Waals surface area (Å²) in [6.45, 7) is 1.24. The third kappa shape index (κ3) is 5.02. The van der Waals surface area contributed by atoms with E-state index in [-0.39, 0.29) is 0 Å². The van der Waals surface area contributed by atoms with Crippen molar-refractivity contribution >= 4 is 17.4 Å². The van der Waals surface area contributed by atoms with Gasteiger partial charge in [0.05, 0.1) is 6.61 Å². The summed E-state index contributed by atoms with van der Waals surface area (Å²) >= 11 is 0.553. The van der Waals surface area contributed by atoms with Crippen LogP contribution in [-0.4, -0.2) is 12.9 Å². The number of anilines is 1. The first-order chi connectivity index (χ1) is 10.2. The van der Waals surface area contributed by atoms with Gasteiger partial charge >= 0.3 is 0 Å². The van der Waals surface area contributed by atoms with Crippen LogP contribution in [0.15, 0.2) is 53.4 Å². The van der Waals surface area contributed by atoms with E-state index in [1.54, 1.807) is 19.2 Å². The quantitative estimate of drug-likeness (QED) is 0.745. The van der Waals surface area contributed by atoms with Gasteiger partial charge in [-0.2, -0.15) is 8.78 Å². The molecule has 0 aliphatic carbocycles. The normalized spacial score (nSPS) is 10.9. The molecule has 1 N–H and O–H groups in total. The fourth-order valence-corrected chi connectivity index (χ4v) is 2.48. The van der Waals surface area contributed by atoms with Crippen molar-refractivity contribution in [3.05, 3.63) is 59.7 Å². The molecule has 0 aromatic heterocycles. The van der Waals surface area contributed by atoms with Gasteiger partial charge in [0.25, 0.3) is 5.76 Å². The minimum absolute atomic E-state index is 0.553. The number of halogens is 2. The smallest absolute Gasteiger partial charge is 0.288 e. The second kappa shape index (κ2) is 8.00. The van der Waals surface area contributed by atoms with Crippen molar-refractivity contribution in [1.82, 2.24) is 0 Å². The SMILES string of the molecule is COCc1ccccc1CNc1ccc(SC(F)F)cc1. The van der Waals surface area contributed by atoms with Crippen LogP contribution in [0.3, 0.4) is 0 Å². The zero-order valence-corrected chi connectivity index (χ0v) is 12.5. The van der Waals surface area contributed by atoms with Gasteiger partial charge in [0, 0.05) is 24.2 Å². The molecule has 0 fully saturated rings. The minimum Gasteiger partial charge on any atom is -0.381 e. The summed E-state index contributed by atoms with van der Waals surface area (Å²) in [7, 11) is 1.67. The van der Waals surface area contributed by atoms with Gasteiger partial charge in [0.2, 0.25) is 0 Å². The summed E-state index contributed by atoms with van der Waals surface area (Å²) in [5.41, 5.74) is 3.20. The maximum absolute atomic E-state index is 12.2. The molecule has 0 unspecified atom stereocenters. The van der Waals surface area contributed by atoms with E-state index >= 15 is 0 Å². The van der Waals surface area contributed by atoms with Crippen LogP contribution in [-0.2, 0) is 17.9 Å². The highest BCUT2D eigenvalue weighted by atomic mass is 32.2. The molecule has 2 rings (SSSR count). The van der Waals surface area contributed by atoms with E-state index in [1.165, 1.54) is 0 Å². The lowest BCUT2D eigenvalue weighted by Crippen LogP contribution is -2.03. The van der Waals surface area contributed by atoms with Crippen molar-refractivity contribution in [2.45, 2.75) is 23.8 Å². The molecule has 0 radical (unpaired) electrons. The summed E-state index contributed by atoms with van der Waals surface area (Å²) in [6, 6.07) is 15.0. The number of rotatable bonds is 7. The van der Waals surface area contributed by atoms with Crippen molar-refractivity contribution in [3.8, 4) is 0 Å². The molecule has 21 heavy (non-hydrogen) atoms. The predicted octanol–water partition coefficient (Wildman–Crippen LogP) is 4.76. The van der Waals surface area contributed by atoms with Gasteiger partial charge in [-0.05, 0) is 35.4 Å². The number of alkyl halides is 2. The van der Waals surface area contributed by atoms with E-state index in [2.05, 4.69) is 5.32 Å². The van der Waals surface area contributed by atoms with E-state index in [4.69, 9.17) is 4.74 Å². The van der Waals surface area contributed by atoms with Crippen molar-refractivity contribution in [2.24, 2.45) is 0 Å². The molecule has 0 aliphatic rings. The van der Waals surface area contributed by atoms with Gasteiger partial charge in [0.1, 0.15) is 0 Å². The Morgan fingerprint density at radius 2 is 1.71 bits per heavy atom. The number of nitrogens with one attached hydrogen (secondary N) is 1. The van der Waals surface area contributed by atoms with Crippen LogP contribution < -0.4 is 5.32 Å². The highest BCUT2D eigenvalue weighted by Crippen LogP contribution is 2.26. The Labute approximate surface area is 127 Å². The Hall–Kier alpha value is -1.59. The van der Waals surface area contributed by atoms with Crippen molar-refractivity contribution in [3.63, 3.8) is 0 Å². The molecule has 2 nitrogen and oxygen atoms in total. The van der Waals surface area contributed by atoms with Crippen LogP contribution in [0, 0.1) is 0 Å². The van der Waals surface area contributed by atoms with Crippen LogP contribution in [0.25, 0.3) is 0 Å². The summed E-state index contributed by atoms with van der Waals surface area (Å²) in [5, 5.41) is 3.29. The maximum Gasteiger partial charge on any atom is 0.288 e.